The standard InChI is InChI=1S/C16H14N2O3/c1-10-7-8-15(21-10)13(19)9-14(20)16-11-5-3-4-6-12(11)18(2)17-16/h3-8H,9H2,1-2H3. The highest BCUT2D eigenvalue weighted by Crippen LogP contribution is 2.19. The van der Waals surface area contributed by atoms with Gasteiger partial charge in [-0.2, -0.15) is 5.10 Å². The molecular formula is C16H14N2O3. The molecule has 2 aromatic heterocycles. The molecule has 0 aliphatic rings. The van der Waals surface area contributed by atoms with Gasteiger partial charge in [0.05, 0.1) is 11.9 Å². The minimum Gasteiger partial charge on any atom is -0.458 e. The lowest BCUT2D eigenvalue weighted by molar-refractivity contribution is 0.0875. The molecule has 0 unspecified atom stereocenters. The van der Waals surface area contributed by atoms with Crippen LogP contribution < -0.4 is 0 Å². The molecule has 5 nitrogen and oxygen atoms in total. The van der Waals surface area contributed by atoms with Crippen LogP contribution in [-0.2, 0) is 7.05 Å². The zero-order valence-corrected chi connectivity index (χ0v) is 11.8. The Morgan fingerprint density at radius 2 is 1.90 bits per heavy atom. The third-order valence-electron chi connectivity index (χ3n) is 3.36. The summed E-state index contributed by atoms with van der Waals surface area (Å²) in [6.45, 7) is 1.75. The van der Waals surface area contributed by atoms with Gasteiger partial charge in [0.2, 0.25) is 5.78 Å². The minimum absolute atomic E-state index is 0.209. The Kier molecular flexibility index (Phi) is 3.17. The van der Waals surface area contributed by atoms with E-state index in [4.69, 9.17) is 4.42 Å². The van der Waals surface area contributed by atoms with Crippen molar-refractivity contribution in [1.82, 2.24) is 9.78 Å². The van der Waals surface area contributed by atoms with Gasteiger partial charge in [0, 0.05) is 12.4 Å². The summed E-state index contributed by atoms with van der Waals surface area (Å²) >= 11 is 0. The Hall–Kier alpha value is -2.69. The number of aryl methyl sites for hydroxylation is 2. The van der Waals surface area contributed by atoms with Crippen molar-refractivity contribution < 1.29 is 14.0 Å². The van der Waals surface area contributed by atoms with E-state index in [-0.39, 0.29) is 23.7 Å². The summed E-state index contributed by atoms with van der Waals surface area (Å²) in [4.78, 5) is 24.4. The van der Waals surface area contributed by atoms with Gasteiger partial charge in [-0.15, -0.1) is 0 Å². The van der Waals surface area contributed by atoms with Crippen LogP contribution >= 0.6 is 0 Å². The van der Waals surface area contributed by atoms with Gasteiger partial charge in [-0.1, -0.05) is 18.2 Å². The highest BCUT2D eigenvalue weighted by atomic mass is 16.3. The highest BCUT2D eigenvalue weighted by Gasteiger charge is 2.21. The Morgan fingerprint density at radius 1 is 1.14 bits per heavy atom. The van der Waals surface area contributed by atoms with E-state index in [0.29, 0.717) is 11.5 Å². The summed E-state index contributed by atoms with van der Waals surface area (Å²) < 4.78 is 6.89. The number of hydrogen-bond acceptors (Lipinski definition) is 4. The maximum absolute atomic E-state index is 12.3. The fraction of sp³-hybridized carbons (Fsp3) is 0.188. The number of ketones is 2. The summed E-state index contributed by atoms with van der Waals surface area (Å²) in [5.74, 6) is 0.226. The molecule has 0 atom stereocenters. The summed E-state index contributed by atoms with van der Waals surface area (Å²) in [5, 5.41) is 4.98. The molecule has 0 saturated heterocycles. The molecule has 0 aliphatic carbocycles. The van der Waals surface area contributed by atoms with Crippen LogP contribution in [0.15, 0.2) is 40.8 Å². The van der Waals surface area contributed by atoms with Gasteiger partial charge in [0.15, 0.2) is 11.5 Å². The topological polar surface area (TPSA) is 65.1 Å². The van der Waals surface area contributed by atoms with Gasteiger partial charge >= 0.3 is 0 Å². The number of fused-ring (bicyclic) bond motifs is 1. The van der Waals surface area contributed by atoms with Gasteiger partial charge in [-0.25, -0.2) is 0 Å². The van der Waals surface area contributed by atoms with Crippen molar-refractivity contribution in [3.05, 3.63) is 53.6 Å². The smallest absolute Gasteiger partial charge is 0.205 e. The Labute approximate surface area is 121 Å². The third kappa shape index (κ3) is 2.38. The van der Waals surface area contributed by atoms with E-state index in [9.17, 15) is 9.59 Å². The number of carbonyl (C=O) groups excluding carboxylic acids is 2. The number of furan rings is 1. The lowest BCUT2D eigenvalue weighted by Crippen LogP contribution is -2.09. The largest absolute Gasteiger partial charge is 0.458 e. The van der Waals surface area contributed by atoms with Crippen molar-refractivity contribution in [2.24, 2.45) is 7.05 Å². The molecule has 0 aliphatic heterocycles. The van der Waals surface area contributed by atoms with Crippen molar-refractivity contribution >= 4 is 22.5 Å². The first-order valence-electron chi connectivity index (χ1n) is 6.61. The predicted molar refractivity (Wildman–Crippen MR) is 77.4 cm³/mol. The van der Waals surface area contributed by atoms with Crippen LogP contribution in [0.3, 0.4) is 0 Å². The fourth-order valence-electron chi connectivity index (χ4n) is 2.32. The van der Waals surface area contributed by atoms with Crippen molar-refractivity contribution in [3.63, 3.8) is 0 Å². The summed E-state index contributed by atoms with van der Waals surface area (Å²) in [5.41, 5.74) is 1.19. The molecule has 3 rings (SSSR count). The molecule has 0 amide bonds. The first-order valence-corrected chi connectivity index (χ1v) is 6.61. The molecule has 1 aromatic carbocycles. The summed E-state index contributed by atoms with van der Waals surface area (Å²) in [6, 6.07) is 10.7. The number of nitrogens with zero attached hydrogens (tertiary/aromatic N) is 2. The predicted octanol–water partition coefficient (Wildman–Crippen LogP) is 2.93. The first kappa shape index (κ1) is 13.3. The molecule has 0 spiro atoms. The first-order chi connectivity index (χ1) is 10.1. The van der Waals surface area contributed by atoms with Crippen LogP contribution in [0.4, 0.5) is 0 Å². The molecular weight excluding hydrogens is 268 g/mol. The molecule has 5 heteroatoms. The van der Waals surface area contributed by atoms with E-state index in [1.165, 1.54) is 0 Å². The molecule has 0 fully saturated rings. The Bertz CT molecular complexity index is 842. The van der Waals surface area contributed by atoms with Crippen molar-refractivity contribution in [1.29, 1.82) is 0 Å². The van der Waals surface area contributed by atoms with Crippen LogP contribution in [0.1, 0.15) is 33.2 Å². The molecule has 0 radical (unpaired) electrons. The Balaban J connectivity index is 1.89. The average Bonchev–Trinajstić information content (AvgIpc) is 3.04. The molecule has 106 valence electrons. The number of hydrogen-bond donors (Lipinski definition) is 0. The maximum Gasteiger partial charge on any atom is 0.205 e. The number of rotatable bonds is 4. The zero-order valence-electron chi connectivity index (χ0n) is 11.8. The van der Waals surface area contributed by atoms with Crippen LogP contribution in [0.5, 0.6) is 0 Å². The number of aromatic nitrogens is 2. The van der Waals surface area contributed by atoms with E-state index >= 15 is 0 Å². The van der Waals surface area contributed by atoms with E-state index in [1.807, 2.05) is 24.3 Å². The van der Waals surface area contributed by atoms with Gasteiger partial charge < -0.3 is 4.42 Å². The van der Waals surface area contributed by atoms with E-state index in [0.717, 1.165) is 10.9 Å². The van der Waals surface area contributed by atoms with Crippen molar-refractivity contribution in [2.45, 2.75) is 13.3 Å². The monoisotopic (exact) mass is 282 g/mol. The van der Waals surface area contributed by atoms with Crippen LogP contribution in [0.25, 0.3) is 10.9 Å². The van der Waals surface area contributed by atoms with Crippen molar-refractivity contribution in [2.75, 3.05) is 0 Å². The maximum atomic E-state index is 12.3. The quantitative estimate of drug-likeness (QED) is 0.545. The summed E-state index contributed by atoms with van der Waals surface area (Å²) in [6.07, 6.45) is -0.242. The molecule has 21 heavy (non-hydrogen) atoms. The fourth-order valence-corrected chi connectivity index (χ4v) is 2.32. The number of para-hydroxylation sites is 1. The number of benzene rings is 1. The lowest BCUT2D eigenvalue weighted by Gasteiger charge is -1.96. The van der Waals surface area contributed by atoms with E-state index in [2.05, 4.69) is 5.10 Å². The van der Waals surface area contributed by atoms with Gasteiger partial charge in [0.25, 0.3) is 0 Å². The van der Waals surface area contributed by atoms with Crippen LogP contribution in [-0.4, -0.2) is 21.3 Å². The second-order valence-corrected chi connectivity index (χ2v) is 4.92. The third-order valence-corrected chi connectivity index (χ3v) is 3.36. The normalized spacial score (nSPS) is 11.0. The zero-order chi connectivity index (χ0) is 15.0. The SMILES string of the molecule is Cc1ccc(C(=O)CC(=O)c2nn(C)c3ccccc23)o1. The highest BCUT2D eigenvalue weighted by molar-refractivity contribution is 6.16. The molecule has 0 bridgehead atoms. The number of Topliss-reactive ketones (excluding diaryl/α,β-unsaturated/α-hetero) is 2. The second kappa shape index (κ2) is 5.01. The Morgan fingerprint density at radius 3 is 2.62 bits per heavy atom. The second-order valence-electron chi connectivity index (χ2n) is 4.92. The summed E-state index contributed by atoms with van der Waals surface area (Å²) in [7, 11) is 1.77. The minimum atomic E-state index is -0.331. The van der Waals surface area contributed by atoms with Gasteiger partial charge in [0.1, 0.15) is 11.5 Å². The van der Waals surface area contributed by atoms with Gasteiger partial charge in [-0.3, -0.25) is 14.3 Å². The van der Waals surface area contributed by atoms with Crippen LogP contribution in [0.2, 0.25) is 0 Å². The number of carbonyl (C=O) groups is 2. The molecule has 2 heterocycles. The van der Waals surface area contributed by atoms with E-state index in [1.54, 1.807) is 30.8 Å². The van der Waals surface area contributed by atoms with E-state index < -0.39 is 0 Å². The van der Waals surface area contributed by atoms with Crippen molar-refractivity contribution in [3.8, 4) is 0 Å². The molecule has 0 N–H and O–H groups in total. The molecule has 0 saturated carbocycles. The van der Waals surface area contributed by atoms with Gasteiger partial charge in [-0.05, 0) is 25.1 Å². The average molecular weight is 282 g/mol. The lowest BCUT2D eigenvalue weighted by atomic mass is 10.1. The molecule has 3 aromatic rings. The van der Waals surface area contributed by atoms with Crippen LogP contribution in [0, 0.1) is 6.92 Å².